The topological polar surface area (TPSA) is 141 Å². The summed E-state index contributed by atoms with van der Waals surface area (Å²) in [6, 6.07) is 11.1. The van der Waals surface area contributed by atoms with Crippen LogP contribution in [-0.4, -0.2) is 51.8 Å². The second-order valence-electron chi connectivity index (χ2n) is 12.2. The van der Waals surface area contributed by atoms with Gasteiger partial charge in [0, 0.05) is 28.7 Å². The number of hydrogen-bond acceptors (Lipinski definition) is 7. The fourth-order valence-electron chi connectivity index (χ4n) is 5.91. The molecule has 12 heteroatoms. The van der Waals surface area contributed by atoms with Crippen molar-refractivity contribution in [3.8, 4) is 22.9 Å². The lowest BCUT2D eigenvalue weighted by Gasteiger charge is -2.30. The van der Waals surface area contributed by atoms with Gasteiger partial charge in [-0.2, -0.15) is 5.10 Å². The average Bonchev–Trinajstić information content (AvgIpc) is 3.96. The molecule has 4 N–H and O–H groups in total. The molecular weight excluding hydrogens is 589 g/mol. The maximum absolute atomic E-state index is 14.1. The molecule has 10 nitrogen and oxygen atoms in total. The number of primary amides is 1. The highest BCUT2D eigenvalue weighted by Crippen LogP contribution is 2.50. The van der Waals surface area contributed by atoms with E-state index >= 15 is 0 Å². The van der Waals surface area contributed by atoms with E-state index in [9.17, 15) is 19.1 Å². The van der Waals surface area contributed by atoms with Gasteiger partial charge in [0.15, 0.2) is 0 Å². The third kappa shape index (κ3) is 4.66. The Labute approximate surface area is 257 Å². The number of ether oxygens (including phenoxy) is 2. The van der Waals surface area contributed by atoms with Crippen molar-refractivity contribution in [2.75, 3.05) is 20.3 Å². The number of methoxy groups -OCH3 is 1. The van der Waals surface area contributed by atoms with Crippen molar-refractivity contribution in [2.45, 2.75) is 49.5 Å². The number of hydrogen-bond donors (Lipinski definition) is 3. The van der Waals surface area contributed by atoms with E-state index in [4.69, 9.17) is 31.8 Å². The number of amides is 2. The first-order valence-electron chi connectivity index (χ1n) is 14.5. The number of nitrogens with zero attached hydrogens (tertiary/aromatic N) is 3. The summed E-state index contributed by atoms with van der Waals surface area (Å²) in [5, 5.41) is 19.6. The number of nitrogens with two attached hydrogens (primary N) is 1. The molecule has 7 rings (SSSR count). The maximum Gasteiger partial charge on any atom is 0.251 e. The monoisotopic (exact) mass is 619 g/mol. The highest BCUT2D eigenvalue weighted by Gasteiger charge is 2.50. The minimum atomic E-state index is -1.59. The van der Waals surface area contributed by atoms with Crippen LogP contribution in [0.25, 0.3) is 16.8 Å². The van der Waals surface area contributed by atoms with Crippen molar-refractivity contribution in [1.82, 2.24) is 19.9 Å². The molecule has 44 heavy (non-hydrogen) atoms. The highest BCUT2D eigenvalue weighted by atomic mass is 35.5. The molecule has 0 radical (unpaired) electrons. The van der Waals surface area contributed by atoms with Gasteiger partial charge in [-0.05, 0) is 74.9 Å². The van der Waals surface area contributed by atoms with Crippen molar-refractivity contribution in [3.63, 3.8) is 0 Å². The third-order valence-electron chi connectivity index (χ3n) is 9.04. The third-order valence-corrected chi connectivity index (χ3v) is 9.33. The number of nitrogens with one attached hydrogen (secondary N) is 1. The van der Waals surface area contributed by atoms with E-state index in [1.165, 1.54) is 25.3 Å². The van der Waals surface area contributed by atoms with Gasteiger partial charge in [-0.25, -0.2) is 13.9 Å². The molecule has 0 bridgehead atoms. The molecular formula is C32H31ClFN5O5. The summed E-state index contributed by atoms with van der Waals surface area (Å²) in [6.07, 6.45) is 3.62. The fourth-order valence-corrected chi connectivity index (χ4v) is 6.10. The number of halogens is 2. The number of carbonyl (C=O) groups is 2. The number of carbonyl (C=O) groups excluding carboxylic acids is 2. The van der Waals surface area contributed by atoms with Crippen LogP contribution in [0.1, 0.15) is 65.8 Å². The zero-order valence-corrected chi connectivity index (χ0v) is 24.9. The van der Waals surface area contributed by atoms with Gasteiger partial charge in [-0.15, -0.1) is 0 Å². The molecule has 228 valence electrons. The standard InChI is InChI=1S/C32H31ClFN5O5/c1-31(30(35)41)15-44-28-21(31)13-25(37-27(28)17-5-8-23(34)22(33)10-17)32(42,19-6-7-19)14-36-29(40)18-9-20-12-24(16-3-4-16)38-39(20)26(11-18)43-2/h5,8-13,16,19,42H,3-4,6-7,14-15H2,1-2H3,(H2,35,41)(H,36,40)/t31-,32?/m0/s1. The summed E-state index contributed by atoms with van der Waals surface area (Å²) in [5.41, 5.74) is 6.52. The zero-order valence-electron chi connectivity index (χ0n) is 24.2. The number of pyridine rings is 2. The molecule has 0 spiro atoms. The quantitative estimate of drug-likeness (QED) is 0.254. The second-order valence-corrected chi connectivity index (χ2v) is 12.6. The van der Waals surface area contributed by atoms with Crippen LogP contribution in [-0.2, 0) is 15.8 Å². The number of rotatable bonds is 9. The fraction of sp³-hybridized carbons (Fsp3) is 0.375. The summed E-state index contributed by atoms with van der Waals surface area (Å²) in [4.78, 5) is 30.9. The van der Waals surface area contributed by atoms with Gasteiger partial charge in [0.2, 0.25) is 11.8 Å². The zero-order chi connectivity index (χ0) is 31.0. The van der Waals surface area contributed by atoms with Crippen molar-refractivity contribution < 1.29 is 28.6 Å². The van der Waals surface area contributed by atoms with Gasteiger partial charge in [0.25, 0.3) is 5.91 Å². The lowest BCUT2D eigenvalue weighted by atomic mass is 9.81. The Morgan fingerprint density at radius 2 is 2.00 bits per heavy atom. The predicted molar refractivity (Wildman–Crippen MR) is 159 cm³/mol. The van der Waals surface area contributed by atoms with E-state index in [0.29, 0.717) is 47.1 Å². The average molecular weight is 620 g/mol. The molecule has 2 saturated carbocycles. The van der Waals surface area contributed by atoms with Crippen LogP contribution in [0, 0.1) is 11.7 Å². The summed E-state index contributed by atoms with van der Waals surface area (Å²) in [5.74, 6) is -0.643. The molecule has 3 aliphatic rings. The van der Waals surface area contributed by atoms with Crippen molar-refractivity contribution in [1.29, 1.82) is 0 Å². The first-order chi connectivity index (χ1) is 21.0. The van der Waals surface area contributed by atoms with Gasteiger partial charge < -0.3 is 25.6 Å². The van der Waals surface area contributed by atoms with Crippen molar-refractivity contribution in [2.24, 2.45) is 11.7 Å². The van der Waals surface area contributed by atoms with E-state index in [1.807, 2.05) is 6.07 Å². The Hall–Kier alpha value is -4.22. The Bertz CT molecular complexity index is 1850. The molecule has 4 heterocycles. The number of aliphatic hydroxyl groups is 1. The van der Waals surface area contributed by atoms with E-state index in [0.717, 1.165) is 24.1 Å². The summed E-state index contributed by atoms with van der Waals surface area (Å²) >= 11 is 6.10. The van der Waals surface area contributed by atoms with Gasteiger partial charge >= 0.3 is 0 Å². The van der Waals surface area contributed by atoms with Gasteiger partial charge in [-0.3, -0.25) is 9.59 Å². The van der Waals surface area contributed by atoms with Crippen molar-refractivity contribution in [3.05, 3.63) is 75.8 Å². The molecule has 4 aromatic rings. The first kappa shape index (κ1) is 28.5. The van der Waals surface area contributed by atoms with Crippen LogP contribution in [0.4, 0.5) is 4.39 Å². The minimum Gasteiger partial charge on any atom is -0.489 e. The molecule has 3 aromatic heterocycles. The molecule has 2 fully saturated rings. The van der Waals surface area contributed by atoms with Crippen LogP contribution < -0.4 is 20.5 Å². The van der Waals surface area contributed by atoms with Crippen LogP contribution in [0.15, 0.2) is 42.5 Å². The molecule has 2 atom stereocenters. The number of aromatic nitrogens is 3. The second kappa shape index (κ2) is 10.2. The molecule has 2 aliphatic carbocycles. The molecule has 0 saturated heterocycles. The Morgan fingerprint density at radius 1 is 1.23 bits per heavy atom. The van der Waals surface area contributed by atoms with E-state index in [2.05, 4.69) is 10.4 Å². The predicted octanol–water partition coefficient (Wildman–Crippen LogP) is 4.24. The van der Waals surface area contributed by atoms with Crippen molar-refractivity contribution >= 4 is 28.9 Å². The summed E-state index contributed by atoms with van der Waals surface area (Å²) in [6.45, 7) is 1.49. The Balaban J connectivity index is 1.26. The maximum atomic E-state index is 14.1. The van der Waals surface area contributed by atoms with E-state index in [-0.39, 0.29) is 35.5 Å². The summed E-state index contributed by atoms with van der Waals surface area (Å²) < 4.78 is 27.2. The molecule has 1 aromatic carbocycles. The smallest absolute Gasteiger partial charge is 0.251 e. The molecule has 1 aliphatic heterocycles. The van der Waals surface area contributed by atoms with Gasteiger partial charge in [0.1, 0.15) is 34.9 Å². The van der Waals surface area contributed by atoms with Crippen LogP contribution in [0.2, 0.25) is 5.02 Å². The van der Waals surface area contributed by atoms with Gasteiger partial charge in [0.05, 0.1) is 35.6 Å². The first-order valence-corrected chi connectivity index (χ1v) is 14.9. The van der Waals surface area contributed by atoms with Crippen LogP contribution in [0.5, 0.6) is 11.6 Å². The summed E-state index contributed by atoms with van der Waals surface area (Å²) in [7, 11) is 1.52. The number of benzene rings is 1. The van der Waals surface area contributed by atoms with E-state index < -0.39 is 28.6 Å². The lowest BCUT2D eigenvalue weighted by Crippen LogP contribution is -2.44. The largest absolute Gasteiger partial charge is 0.489 e. The Kier molecular flexibility index (Phi) is 6.60. The number of fused-ring (bicyclic) bond motifs is 2. The van der Waals surface area contributed by atoms with Crippen LogP contribution in [0.3, 0.4) is 0 Å². The minimum absolute atomic E-state index is 0.0231. The van der Waals surface area contributed by atoms with Gasteiger partial charge in [-0.1, -0.05) is 11.6 Å². The normalized spacial score (nSPS) is 20.6. The van der Waals surface area contributed by atoms with E-state index in [1.54, 1.807) is 29.6 Å². The molecule has 2 amide bonds. The SMILES string of the molecule is COc1cc(C(=O)NCC(O)(c2cc3c(c(-c4ccc(F)c(Cl)c4)n2)OC[C@]3(C)C(N)=O)C2CC2)cc2cc(C3CC3)nn12. The lowest BCUT2D eigenvalue weighted by molar-refractivity contribution is -0.123. The highest BCUT2D eigenvalue weighted by molar-refractivity contribution is 6.31. The van der Waals surface area contributed by atoms with Crippen LogP contribution >= 0.6 is 11.6 Å². The molecule has 1 unspecified atom stereocenters. The Morgan fingerprint density at radius 3 is 2.66 bits per heavy atom.